The van der Waals surface area contributed by atoms with Crippen molar-refractivity contribution in [2.24, 2.45) is 0 Å². The monoisotopic (exact) mass is 332 g/mol. The minimum Gasteiger partial charge on any atom is -1.00 e. The summed E-state index contributed by atoms with van der Waals surface area (Å²) in [5, 5.41) is 0. The van der Waals surface area contributed by atoms with Crippen molar-refractivity contribution >= 4 is 0 Å². The number of allylic oxidation sites excluding steroid dienone is 8. The molecule has 0 unspecified atom stereocenters. The Morgan fingerprint density at radius 2 is 1.19 bits per heavy atom. The molecule has 0 radical (unpaired) electrons. The predicted octanol–water partition coefficient (Wildman–Crippen LogP) is -2.34. The van der Waals surface area contributed by atoms with E-state index in [1.807, 2.05) is 24.3 Å². The van der Waals surface area contributed by atoms with E-state index in [-0.39, 0.29) is 51.0 Å². The van der Waals surface area contributed by atoms with Gasteiger partial charge in [0, 0.05) is 0 Å². The Morgan fingerprint density at radius 1 is 0.875 bits per heavy atom. The van der Waals surface area contributed by atoms with E-state index in [0.717, 1.165) is 19.3 Å². The maximum atomic E-state index is 3.38. The second-order valence-electron chi connectivity index (χ2n) is 2.36. The van der Waals surface area contributed by atoms with Crippen LogP contribution in [0.2, 0.25) is 0 Å². The van der Waals surface area contributed by atoms with Crippen LogP contribution in [0.1, 0.15) is 19.3 Å². The minimum atomic E-state index is 0. The van der Waals surface area contributed by atoms with Gasteiger partial charge in [0.15, 0.2) is 0 Å². The third-order valence-electron chi connectivity index (χ3n) is 1.17. The van der Waals surface area contributed by atoms with Crippen LogP contribution in [-0.4, -0.2) is 0 Å². The van der Waals surface area contributed by atoms with Gasteiger partial charge in [-0.2, -0.15) is 12.2 Å². The Labute approximate surface area is 132 Å². The van der Waals surface area contributed by atoms with Crippen molar-refractivity contribution in [3.8, 4) is 0 Å². The molecule has 2 rings (SSSR count). The molecule has 0 bridgehead atoms. The summed E-state index contributed by atoms with van der Waals surface area (Å²) in [7, 11) is 0. The molecule has 0 spiro atoms. The average molecular weight is 334 g/mol. The Hall–Kier alpha value is 0.423. The summed E-state index contributed by atoms with van der Waals surface area (Å²) in [6.07, 6.45) is 20.7. The third-order valence-corrected chi connectivity index (χ3v) is 1.17. The molecule has 2 aliphatic carbocycles. The van der Waals surface area contributed by atoms with Gasteiger partial charge in [0.1, 0.15) is 0 Å². The first-order valence-electron chi connectivity index (χ1n) is 4.43. The van der Waals surface area contributed by atoms with Gasteiger partial charge in [-0.3, -0.25) is 12.2 Å². The quantitative estimate of drug-likeness (QED) is 0.436. The molecule has 0 aliphatic heterocycles. The molecule has 0 nitrogen and oxygen atoms in total. The SMILES string of the molecule is [C-]1=CC=CC1.[C-]1=CC=CC1.[CH2-]C[CH2-].[Cl-].[Cl-].[Zr+2]. The van der Waals surface area contributed by atoms with Gasteiger partial charge in [-0.05, 0) is 0 Å². The van der Waals surface area contributed by atoms with Crippen molar-refractivity contribution < 1.29 is 51.0 Å². The van der Waals surface area contributed by atoms with Crippen molar-refractivity contribution in [2.45, 2.75) is 19.3 Å². The molecule has 90 valence electrons. The number of hydrogen-bond donors (Lipinski definition) is 0. The zero-order valence-electron chi connectivity index (χ0n) is 9.26. The van der Waals surface area contributed by atoms with Crippen molar-refractivity contribution in [2.75, 3.05) is 0 Å². The zero-order chi connectivity index (χ0) is 9.78. The zero-order valence-corrected chi connectivity index (χ0v) is 13.2. The second kappa shape index (κ2) is 24.6. The van der Waals surface area contributed by atoms with E-state index < -0.39 is 0 Å². The number of rotatable bonds is 0. The van der Waals surface area contributed by atoms with E-state index in [4.69, 9.17) is 0 Å². The predicted molar refractivity (Wildman–Crippen MR) is 58.5 cm³/mol. The van der Waals surface area contributed by atoms with Crippen LogP contribution < -0.4 is 24.8 Å². The van der Waals surface area contributed by atoms with E-state index in [0.29, 0.717) is 0 Å². The molecule has 3 heteroatoms. The molecule has 0 saturated heterocycles. The fraction of sp³-hybridized carbons (Fsp3) is 0.231. The summed E-state index contributed by atoms with van der Waals surface area (Å²) in [5.74, 6) is 0. The summed E-state index contributed by atoms with van der Waals surface area (Å²) in [4.78, 5) is 0. The van der Waals surface area contributed by atoms with Gasteiger partial charge in [0.2, 0.25) is 0 Å². The van der Waals surface area contributed by atoms with Crippen molar-refractivity contribution in [3.05, 3.63) is 62.5 Å². The van der Waals surface area contributed by atoms with Gasteiger partial charge in [0.25, 0.3) is 0 Å². The largest absolute Gasteiger partial charge is 2.00 e. The van der Waals surface area contributed by atoms with Crippen LogP contribution in [0.5, 0.6) is 0 Å². The molecule has 2 aliphatic rings. The first kappa shape index (κ1) is 25.3. The van der Waals surface area contributed by atoms with Gasteiger partial charge in [-0.25, -0.2) is 24.3 Å². The summed E-state index contributed by atoms with van der Waals surface area (Å²) in [6.45, 7) is 6.75. The van der Waals surface area contributed by atoms with E-state index >= 15 is 0 Å². The first-order valence-corrected chi connectivity index (χ1v) is 4.43. The Kier molecular flexibility index (Phi) is 38.9. The minimum absolute atomic E-state index is 0. The van der Waals surface area contributed by atoms with E-state index in [9.17, 15) is 0 Å². The molecule has 0 saturated carbocycles. The molecule has 0 fully saturated rings. The molecule has 0 aromatic rings. The Balaban J connectivity index is -0.0000000638. The van der Waals surface area contributed by atoms with Gasteiger partial charge in [-0.1, -0.05) is 0 Å². The van der Waals surface area contributed by atoms with Crippen LogP contribution in [0.15, 0.2) is 36.5 Å². The van der Waals surface area contributed by atoms with Gasteiger partial charge < -0.3 is 45.1 Å². The van der Waals surface area contributed by atoms with Crippen LogP contribution >= 0.6 is 0 Å². The van der Waals surface area contributed by atoms with Gasteiger partial charge in [-0.15, -0.1) is 12.8 Å². The topological polar surface area (TPSA) is 0 Å². The molecular weight excluding hydrogens is 318 g/mol. The fourth-order valence-corrected chi connectivity index (χ4v) is 0.680. The molecule has 16 heavy (non-hydrogen) atoms. The maximum absolute atomic E-state index is 3.38. The summed E-state index contributed by atoms with van der Waals surface area (Å²) >= 11 is 0. The standard InChI is InChI=1S/2C5H5.C3H6.2ClH.Zr/c2*1-2-4-5-3-1;1-3-2;;;/h2*1-3H,4H2;1-3H2;2*1H;/q2*-1;-2;;;+2/p-2. The first-order chi connectivity index (χ1) is 6.41. The van der Waals surface area contributed by atoms with Gasteiger partial charge in [0.05, 0.1) is 0 Å². The van der Waals surface area contributed by atoms with E-state index in [1.54, 1.807) is 0 Å². The molecule has 0 aromatic carbocycles. The molecule has 0 N–H and O–H groups in total. The van der Waals surface area contributed by atoms with Crippen LogP contribution in [0.3, 0.4) is 0 Å². The summed E-state index contributed by atoms with van der Waals surface area (Å²) < 4.78 is 0. The molecule has 0 heterocycles. The number of hydrogen-bond acceptors (Lipinski definition) is 0. The molecular formula is C13H16Cl2Zr-4. The van der Waals surface area contributed by atoms with Crippen molar-refractivity contribution in [1.29, 1.82) is 0 Å². The fourth-order valence-electron chi connectivity index (χ4n) is 0.680. The van der Waals surface area contributed by atoms with E-state index in [1.165, 1.54) is 0 Å². The molecule has 0 aromatic heterocycles. The second-order valence-corrected chi connectivity index (χ2v) is 2.36. The third kappa shape index (κ3) is 23.9. The average Bonchev–Trinajstić information content (AvgIpc) is 2.85. The summed E-state index contributed by atoms with van der Waals surface area (Å²) in [6, 6.07) is 0. The van der Waals surface area contributed by atoms with E-state index in [2.05, 4.69) is 38.2 Å². The maximum Gasteiger partial charge on any atom is 2.00 e. The normalized spacial score (nSPS) is 12.1. The van der Waals surface area contributed by atoms with Crippen LogP contribution in [-0.2, 0) is 26.2 Å². The van der Waals surface area contributed by atoms with Crippen molar-refractivity contribution in [3.63, 3.8) is 0 Å². The molecule has 0 atom stereocenters. The number of halogens is 2. The van der Waals surface area contributed by atoms with Gasteiger partial charge >= 0.3 is 26.2 Å². The van der Waals surface area contributed by atoms with Crippen LogP contribution in [0, 0.1) is 26.0 Å². The Morgan fingerprint density at radius 3 is 1.25 bits per heavy atom. The summed E-state index contributed by atoms with van der Waals surface area (Å²) in [5.41, 5.74) is 0. The smallest absolute Gasteiger partial charge is 1.00 e. The Bertz CT molecular complexity index is 164. The molecule has 0 amide bonds. The van der Waals surface area contributed by atoms with Crippen LogP contribution in [0.4, 0.5) is 0 Å². The van der Waals surface area contributed by atoms with Crippen molar-refractivity contribution in [1.82, 2.24) is 0 Å². The van der Waals surface area contributed by atoms with Crippen LogP contribution in [0.25, 0.3) is 0 Å².